The third-order valence-electron chi connectivity index (χ3n) is 4.77. The van der Waals surface area contributed by atoms with Gasteiger partial charge in [0.2, 0.25) is 5.91 Å². The Bertz CT molecular complexity index is 1020. The van der Waals surface area contributed by atoms with Crippen molar-refractivity contribution >= 4 is 28.7 Å². The zero-order valence-corrected chi connectivity index (χ0v) is 15.5. The number of nitrogens with zero attached hydrogens (tertiary/aromatic N) is 6. The van der Waals surface area contributed by atoms with Crippen LogP contribution in [0.2, 0.25) is 5.02 Å². The summed E-state index contributed by atoms with van der Waals surface area (Å²) in [5.74, 6) is -0.0646. The molecule has 1 fully saturated rings. The molecule has 1 saturated heterocycles. The number of rotatable bonds is 3. The highest BCUT2D eigenvalue weighted by Crippen LogP contribution is 2.15. The van der Waals surface area contributed by atoms with Crippen molar-refractivity contribution in [3.8, 4) is 5.69 Å². The molecule has 3 heterocycles. The molecule has 0 atom stereocenters. The molecule has 2 aromatic heterocycles. The van der Waals surface area contributed by atoms with E-state index < -0.39 is 0 Å². The number of likely N-dealkylation sites (tertiary alicyclic amines) is 1. The third-order valence-corrected chi connectivity index (χ3v) is 5.02. The summed E-state index contributed by atoms with van der Waals surface area (Å²) in [4.78, 5) is 31.4. The van der Waals surface area contributed by atoms with Gasteiger partial charge in [0.15, 0.2) is 11.2 Å². The lowest BCUT2D eigenvalue weighted by molar-refractivity contribution is -0.131. The number of fused-ring (bicyclic) bond motifs is 1. The van der Waals surface area contributed by atoms with Gasteiger partial charge < -0.3 is 4.90 Å². The number of hydrogen-bond donors (Lipinski definition) is 0. The Morgan fingerprint density at radius 1 is 1.07 bits per heavy atom. The molecule has 0 spiro atoms. The Morgan fingerprint density at radius 3 is 2.48 bits per heavy atom. The number of hydrogen-bond acceptors (Lipinski definition) is 5. The second-order valence-corrected chi connectivity index (χ2v) is 7.06. The van der Waals surface area contributed by atoms with Crippen LogP contribution in [0.15, 0.2) is 35.4 Å². The van der Waals surface area contributed by atoms with Crippen molar-refractivity contribution in [3.05, 3.63) is 46.0 Å². The number of benzene rings is 1. The number of amides is 1. The van der Waals surface area contributed by atoms with Gasteiger partial charge in [-0.2, -0.15) is 4.68 Å². The van der Waals surface area contributed by atoms with E-state index in [1.54, 1.807) is 24.3 Å². The van der Waals surface area contributed by atoms with E-state index >= 15 is 0 Å². The van der Waals surface area contributed by atoms with Gasteiger partial charge in [-0.25, -0.2) is 4.98 Å². The first kappa shape index (κ1) is 17.7. The molecule has 9 heteroatoms. The number of carbonyl (C=O) groups excluding carboxylic acids is 1. The van der Waals surface area contributed by atoms with Crippen molar-refractivity contribution < 1.29 is 4.79 Å². The minimum Gasteiger partial charge on any atom is -0.341 e. The van der Waals surface area contributed by atoms with E-state index in [0.717, 1.165) is 38.8 Å². The van der Waals surface area contributed by atoms with Crippen LogP contribution in [0.25, 0.3) is 16.9 Å². The monoisotopic (exact) mass is 386 g/mol. The summed E-state index contributed by atoms with van der Waals surface area (Å²) < 4.78 is 2.78. The summed E-state index contributed by atoms with van der Waals surface area (Å²) in [6.45, 7) is 1.46. The van der Waals surface area contributed by atoms with Crippen LogP contribution >= 0.6 is 11.6 Å². The minimum atomic E-state index is -0.372. The van der Waals surface area contributed by atoms with E-state index in [1.807, 2.05) is 4.90 Å². The first-order valence-electron chi connectivity index (χ1n) is 8.98. The molecule has 0 saturated carbocycles. The van der Waals surface area contributed by atoms with Crippen molar-refractivity contribution in [2.45, 2.75) is 32.2 Å². The van der Waals surface area contributed by atoms with Gasteiger partial charge >= 0.3 is 0 Å². The van der Waals surface area contributed by atoms with E-state index in [0.29, 0.717) is 16.4 Å². The topological polar surface area (TPSA) is 85.9 Å². The SMILES string of the molecule is O=C(Cn1cnc2c(nnn2-c2ccc(Cl)cc2)c1=O)N1CCCCCC1. The standard InChI is InChI=1S/C18H19ClN6O2/c19-13-5-7-14(8-6-13)25-17-16(21-22-25)18(27)24(12-20-17)11-15(26)23-9-3-1-2-4-10-23/h5-8,12H,1-4,9-11H2. The van der Waals surface area contributed by atoms with Gasteiger partial charge in [-0.1, -0.05) is 29.7 Å². The molecule has 8 nitrogen and oxygen atoms in total. The Morgan fingerprint density at radius 2 is 1.78 bits per heavy atom. The average Bonchev–Trinajstić information content (AvgIpc) is 2.91. The molecule has 0 bridgehead atoms. The molecule has 1 aliphatic rings. The molecule has 3 aromatic rings. The Labute approximate surface area is 160 Å². The highest BCUT2D eigenvalue weighted by atomic mass is 35.5. The molecule has 140 valence electrons. The van der Waals surface area contributed by atoms with Crippen molar-refractivity contribution in [1.29, 1.82) is 0 Å². The third kappa shape index (κ3) is 3.57. The van der Waals surface area contributed by atoms with Crippen molar-refractivity contribution in [2.24, 2.45) is 0 Å². The summed E-state index contributed by atoms with van der Waals surface area (Å²) in [5.41, 5.74) is 0.812. The molecule has 27 heavy (non-hydrogen) atoms. The second kappa shape index (κ2) is 7.48. The van der Waals surface area contributed by atoms with E-state index in [1.165, 1.54) is 15.6 Å². The molecule has 0 radical (unpaired) electrons. The highest BCUT2D eigenvalue weighted by Gasteiger charge is 2.19. The predicted octanol–water partition coefficient (Wildman–Crippen LogP) is 2.03. The fourth-order valence-electron chi connectivity index (χ4n) is 3.28. The molecule has 0 N–H and O–H groups in total. The predicted molar refractivity (Wildman–Crippen MR) is 101 cm³/mol. The zero-order valence-electron chi connectivity index (χ0n) is 14.7. The molecule has 0 aliphatic carbocycles. The van der Waals surface area contributed by atoms with Crippen LogP contribution in [0.4, 0.5) is 0 Å². The van der Waals surface area contributed by atoms with Crippen LogP contribution < -0.4 is 5.56 Å². The first-order valence-corrected chi connectivity index (χ1v) is 9.36. The molecule has 0 unspecified atom stereocenters. The number of carbonyl (C=O) groups is 1. The Hall–Kier alpha value is -2.74. The van der Waals surface area contributed by atoms with Gasteiger partial charge in [0.1, 0.15) is 12.9 Å². The van der Waals surface area contributed by atoms with E-state index in [-0.39, 0.29) is 23.5 Å². The van der Waals surface area contributed by atoms with Gasteiger partial charge in [-0.15, -0.1) is 5.10 Å². The zero-order chi connectivity index (χ0) is 18.8. The second-order valence-electron chi connectivity index (χ2n) is 6.62. The van der Waals surface area contributed by atoms with Gasteiger partial charge in [-0.05, 0) is 37.1 Å². The number of halogens is 1. The Kier molecular flexibility index (Phi) is 4.89. The van der Waals surface area contributed by atoms with Gasteiger partial charge in [0.25, 0.3) is 5.56 Å². The summed E-state index contributed by atoms with van der Waals surface area (Å²) in [5, 5.41) is 8.61. The maximum atomic E-state index is 12.7. The molecule has 1 aromatic carbocycles. The van der Waals surface area contributed by atoms with Crippen molar-refractivity contribution in [3.63, 3.8) is 0 Å². The molecule has 4 rings (SSSR count). The van der Waals surface area contributed by atoms with E-state index in [4.69, 9.17) is 11.6 Å². The minimum absolute atomic E-state index is 0.0322. The van der Waals surface area contributed by atoms with Crippen LogP contribution in [0.3, 0.4) is 0 Å². The lowest BCUT2D eigenvalue weighted by Gasteiger charge is -2.20. The van der Waals surface area contributed by atoms with Gasteiger partial charge in [-0.3, -0.25) is 14.2 Å². The fraction of sp³-hybridized carbons (Fsp3) is 0.389. The molecular formula is C18H19ClN6O2. The normalized spacial score (nSPS) is 15.1. The summed E-state index contributed by atoms with van der Waals surface area (Å²) in [7, 11) is 0. The Balaban J connectivity index is 1.62. The maximum Gasteiger partial charge on any atom is 0.284 e. The molecule has 1 aliphatic heterocycles. The van der Waals surface area contributed by atoms with Crippen LogP contribution in [0, 0.1) is 0 Å². The van der Waals surface area contributed by atoms with Gasteiger partial charge in [0, 0.05) is 18.1 Å². The van der Waals surface area contributed by atoms with Crippen molar-refractivity contribution in [2.75, 3.05) is 13.1 Å². The first-order chi connectivity index (χ1) is 13.1. The summed E-state index contributed by atoms with van der Waals surface area (Å²) in [6, 6.07) is 7.00. The summed E-state index contributed by atoms with van der Waals surface area (Å²) >= 11 is 5.91. The molecule has 1 amide bonds. The van der Waals surface area contributed by atoms with Crippen LogP contribution in [-0.2, 0) is 11.3 Å². The smallest absolute Gasteiger partial charge is 0.284 e. The van der Waals surface area contributed by atoms with Crippen molar-refractivity contribution in [1.82, 2.24) is 29.4 Å². The van der Waals surface area contributed by atoms with E-state index in [9.17, 15) is 9.59 Å². The highest BCUT2D eigenvalue weighted by molar-refractivity contribution is 6.30. The average molecular weight is 387 g/mol. The number of aromatic nitrogens is 5. The van der Waals surface area contributed by atoms with Crippen LogP contribution in [-0.4, -0.2) is 48.4 Å². The lowest BCUT2D eigenvalue weighted by atomic mass is 10.2. The van der Waals surface area contributed by atoms with Crippen LogP contribution in [0.1, 0.15) is 25.7 Å². The quantitative estimate of drug-likeness (QED) is 0.687. The molecular weight excluding hydrogens is 368 g/mol. The fourth-order valence-corrected chi connectivity index (χ4v) is 3.40. The van der Waals surface area contributed by atoms with Gasteiger partial charge in [0.05, 0.1) is 5.69 Å². The summed E-state index contributed by atoms with van der Waals surface area (Å²) in [6.07, 6.45) is 5.69. The largest absolute Gasteiger partial charge is 0.341 e. The lowest BCUT2D eigenvalue weighted by Crippen LogP contribution is -2.37. The van der Waals surface area contributed by atoms with E-state index in [2.05, 4.69) is 15.3 Å². The van der Waals surface area contributed by atoms with Crippen LogP contribution in [0.5, 0.6) is 0 Å². The maximum absolute atomic E-state index is 12.7.